The number of nitrogens with two attached hydrogens (primary N) is 1. The van der Waals surface area contributed by atoms with E-state index in [2.05, 4.69) is 0 Å². The number of carbonyl (C=O) groups excluding carboxylic acids is 1. The molecule has 3 nitrogen and oxygen atoms in total. The van der Waals surface area contributed by atoms with E-state index in [0.29, 0.717) is 6.21 Å². The maximum Gasteiger partial charge on any atom is 0.186 e. The smallest absolute Gasteiger partial charge is 0.186 e. The number of rotatable bonds is 2. The van der Waals surface area contributed by atoms with Gasteiger partial charge in [-0.3, -0.25) is 4.79 Å². The SMILES string of the molecule is N=CC(=O)CN. The van der Waals surface area contributed by atoms with Crippen molar-refractivity contribution in [1.82, 2.24) is 0 Å². The quantitative estimate of drug-likeness (QED) is 0.430. The Morgan fingerprint density at radius 1 is 2.00 bits per heavy atom. The summed E-state index contributed by atoms with van der Waals surface area (Å²) < 4.78 is 0. The molecule has 0 saturated heterocycles. The van der Waals surface area contributed by atoms with E-state index in [9.17, 15) is 4.79 Å². The van der Waals surface area contributed by atoms with Gasteiger partial charge in [-0.25, -0.2) is 0 Å². The zero-order valence-corrected chi connectivity index (χ0v) is 3.27. The highest BCUT2D eigenvalue weighted by Crippen LogP contribution is 1.50. The van der Waals surface area contributed by atoms with Gasteiger partial charge in [-0.15, -0.1) is 0 Å². The van der Waals surface area contributed by atoms with Crippen molar-refractivity contribution in [1.29, 1.82) is 5.41 Å². The van der Waals surface area contributed by atoms with Gasteiger partial charge < -0.3 is 11.1 Å². The summed E-state index contributed by atoms with van der Waals surface area (Å²) >= 11 is 0. The van der Waals surface area contributed by atoms with E-state index in [4.69, 9.17) is 11.1 Å². The summed E-state index contributed by atoms with van der Waals surface area (Å²) in [6.45, 7) is -0.0521. The summed E-state index contributed by atoms with van der Waals surface area (Å²) in [6, 6.07) is 0. The molecule has 0 atom stereocenters. The number of ketones is 1. The van der Waals surface area contributed by atoms with Crippen LogP contribution in [0.2, 0.25) is 0 Å². The molecule has 6 heavy (non-hydrogen) atoms. The van der Waals surface area contributed by atoms with Gasteiger partial charge in [-0.1, -0.05) is 0 Å². The minimum absolute atomic E-state index is 0.0521. The molecule has 0 spiro atoms. The van der Waals surface area contributed by atoms with Crippen molar-refractivity contribution in [2.24, 2.45) is 5.73 Å². The molecular weight excluding hydrogens is 80.0 g/mol. The van der Waals surface area contributed by atoms with E-state index in [-0.39, 0.29) is 12.3 Å². The first-order valence-electron chi connectivity index (χ1n) is 1.54. The summed E-state index contributed by atoms with van der Waals surface area (Å²) in [5.41, 5.74) is 4.78. The van der Waals surface area contributed by atoms with Crippen LogP contribution >= 0.6 is 0 Å². The summed E-state index contributed by atoms with van der Waals surface area (Å²) in [4.78, 5) is 9.81. The van der Waals surface area contributed by atoms with Crippen LogP contribution in [-0.4, -0.2) is 18.5 Å². The Balaban J connectivity index is 3.23. The number of hydrogen-bond acceptors (Lipinski definition) is 3. The molecule has 0 rings (SSSR count). The fourth-order valence-electron chi connectivity index (χ4n) is 0.0589. The second kappa shape index (κ2) is 2.53. The molecule has 3 heteroatoms. The molecule has 0 fully saturated rings. The third-order valence-electron chi connectivity index (χ3n) is 0.362. The molecule has 0 aliphatic rings. The van der Waals surface area contributed by atoms with Gasteiger partial charge in [0.1, 0.15) is 0 Å². The second-order valence-electron chi connectivity index (χ2n) is 0.815. The molecule has 34 valence electrons. The predicted molar refractivity (Wildman–Crippen MR) is 22.8 cm³/mol. The maximum atomic E-state index is 9.81. The standard InChI is InChI=1S/C3H6N2O/c4-1-3(6)2-5/h1,4H,2,5H2. The normalized spacial score (nSPS) is 7.50. The van der Waals surface area contributed by atoms with Gasteiger partial charge in [0.2, 0.25) is 0 Å². The van der Waals surface area contributed by atoms with Crippen molar-refractivity contribution < 1.29 is 4.79 Å². The van der Waals surface area contributed by atoms with Crippen LogP contribution in [0.3, 0.4) is 0 Å². The van der Waals surface area contributed by atoms with Gasteiger partial charge in [-0.2, -0.15) is 0 Å². The minimum Gasteiger partial charge on any atom is -0.324 e. The van der Waals surface area contributed by atoms with Gasteiger partial charge >= 0.3 is 0 Å². The third-order valence-corrected chi connectivity index (χ3v) is 0.362. The van der Waals surface area contributed by atoms with Crippen molar-refractivity contribution in [3.05, 3.63) is 0 Å². The maximum absolute atomic E-state index is 9.81. The molecule has 0 saturated carbocycles. The van der Waals surface area contributed by atoms with E-state index >= 15 is 0 Å². The van der Waals surface area contributed by atoms with E-state index in [1.807, 2.05) is 0 Å². The zero-order chi connectivity index (χ0) is 4.99. The lowest BCUT2D eigenvalue weighted by atomic mass is 10.4. The van der Waals surface area contributed by atoms with E-state index in [1.54, 1.807) is 0 Å². The molecule has 0 aromatic rings. The fraction of sp³-hybridized carbons (Fsp3) is 0.333. The number of carbonyl (C=O) groups is 1. The van der Waals surface area contributed by atoms with Crippen molar-refractivity contribution in [3.8, 4) is 0 Å². The largest absolute Gasteiger partial charge is 0.324 e. The zero-order valence-electron chi connectivity index (χ0n) is 3.27. The minimum atomic E-state index is -0.338. The molecule has 0 bridgehead atoms. The molecule has 0 aromatic carbocycles. The Kier molecular flexibility index (Phi) is 2.24. The van der Waals surface area contributed by atoms with E-state index < -0.39 is 0 Å². The Hall–Kier alpha value is -0.700. The Morgan fingerprint density at radius 2 is 2.50 bits per heavy atom. The Bertz CT molecular complexity index is 69.2. The Labute approximate surface area is 35.7 Å². The van der Waals surface area contributed by atoms with Crippen LogP contribution in [0.25, 0.3) is 0 Å². The highest BCUT2D eigenvalue weighted by atomic mass is 16.1. The van der Waals surface area contributed by atoms with E-state index in [0.717, 1.165) is 0 Å². The Morgan fingerprint density at radius 3 is 2.50 bits per heavy atom. The van der Waals surface area contributed by atoms with Gasteiger partial charge in [0.05, 0.1) is 12.8 Å². The average Bonchev–Trinajstić information content (AvgIpc) is 1.65. The first kappa shape index (κ1) is 5.30. The molecule has 0 aliphatic carbocycles. The summed E-state index contributed by atoms with van der Waals surface area (Å²) in [7, 11) is 0. The molecule has 0 aromatic heterocycles. The molecule has 3 N–H and O–H groups in total. The molecule has 0 unspecified atom stereocenters. The summed E-state index contributed by atoms with van der Waals surface area (Å²) in [5.74, 6) is -0.338. The topological polar surface area (TPSA) is 66.9 Å². The highest BCUT2D eigenvalue weighted by molar-refractivity contribution is 6.27. The molecule has 0 amide bonds. The van der Waals surface area contributed by atoms with Crippen molar-refractivity contribution >= 4 is 12.0 Å². The second-order valence-corrected chi connectivity index (χ2v) is 0.815. The van der Waals surface area contributed by atoms with Crippen LogP contribution < -0.4 is 5.73 Å². The number of nitrogens with one attached hydrogen (secondary N) is 1. The van der Waals surface area contributed by atoms with Crippen molar-refractivity contribution in [3.63, 3.8) is 0 Å². The van der Waals surface area contributed by atoms with Crippen LogP contribution in [0.1, 0.15) is 0 Å². The van der Waals surface area contributed by atoms with Gasteiger partial charge in [0.15, 0.2) is 5.78 Å². The lowest BCUT2D eigenvalue weighted by Gasteiger charge is -1.75. The van der Waals surface area contributed by atoms with Gasteiger partial charge in [0, 0.05) is 0 Å². The summed E-state index contributed by atoms with van der Waals surface area (Å²) in [6.07, 6.45) is 0.708. The molecule has 0 radical (unpaired) electrons. The van der Waals surface area contributed by atoms with E-state index in [1.165, 1.54) is 0 Å². The first-order chi connectivity index (χ1) is 2.81. The third kappa shape index (κ3) is 1.60. The van der Waals surface area contributed by atoms with Crippen LogP contribution in [0.5, 0.6) is 0 Å². The summed E-state index contributed by atoms with van der Waals surface area (Å²) in [5, 5.41) is 6.25. The number of hydrogen-bond donors (Lipinski definition) is 2. The average molecular weight is 86.1 g/mol. The molecule has 0 heterocycles. The van der Waals surface area contributed by atoms with Crippen LogP contribution in [0, 0.1) is 5.41 Å². The number of Topliss-reactive ketones (excluding diaryl/α,β-unsaturated/α-hetero) is 1. The van der Waals surface area contributed by atoms with Gasteiger partial charge in [-0.05, 0) is 0 Å². The van der Waals surface area contributed by atoms with Crippen LogP contribution in [-0.2, 0) is 4.79 Å². The monoisotopic (exact) mass is 86.0 g/mol. The van der Waals surface area contributed by atoms with Gasteiger partial charge in [0.25, 0.3) is 0 Å². The fourth-order valence-corrected chi connectivity index (χ4v) is 0.0589. The van der Waals surface area contributed by atoms with Crippen LogP contribution in [0.4, 0.5) is 0 Å². The molecule has 0 aliphatic heterocycles. The lowest BCUT2D eigenvalue weighted by Crippen LogP contribution is -2.13. The highest BCUT2D eigenvalue weighted by Gasteiger charge is 1.84. The molecular formula is C3H6N2O. The van der Waals surface area contributed by atoms with Crippen molar-refractivity contribution in [2.45, 2.75) is 0 Å². The first-order valence-corrected chi connectivity index (χ1v) is 1.54. The predicted octanol–water partition coefficient (Wildman–Crippen LogP) is -0.836. The van der Waals surface area contributed by atoms with Crippen molar-refractivity contribution in [2.75, 3.05) is 6.54 Å². The van der Waals surface area contributed by atoms with Crippen LogP contribution in [0.15, 0.2) is 0 Å². The lowest BCUT2D eigenvalue weighted by molar-refractivity contribution is -0.111.